The molecule has 0 spiro atoms. The van der Waals surface area contributed by atoms with E-state index in [2.05, 4.69) is 19.2 Å². The van der Waals surface area contributed by atoms with Crippen LogP contribution in [0.15, 0.2) is 0 Å². The highest BCUT2D eigenvalue weighted by Gasteiger charge is 2.30. The second kappa shape index (κ2) is 6.90. The fourth-order valence-electron chi connectivity index (χ4n) is 2.57. The molecular formula is C16H32N2O2. The number of carbonyl (C=O) groups excluding carboxylic acids is 1. The van der Waals surface area contributed by atoms with Crippen LogP contribution >= 0.6 is 0 Å². The number of amides is 1. The van der Waals surface area contributed by atoms with Crippen molar-refractivity contribution in [1.82, 2.24) is 10.2 Å². The van der Waals surface area contributed by atoms with E-state index in [1.54, 1.807) is 0 Å². The topological polar surface area (TPSA) is 52.6 Å². The fourth-order valence-corrected chi connectivity index (χ4v) is 2.57. The Bertz CT molecular complexity index is 313. The Hall–Kier alpha value is -0.610. The third kappa shape index (κ3) is 5.41. The van der Waals surface area contributed by atoms with Gasteiger partial charge in [0, 0.05) is 37.7 Å². The summed E-state index contributed by atoms with van der Waals surface area (Å²) in [6.45, 7) is 13.2. The molecular weight excluding hydrogens is 252 g/mol. The first-order valence-corrected chi connectivity index (χ1v) is 7.79. The number of hydrogen-bond acceptors (Lipinski definition) is 3. The smallest absolute Gasteiger partial charge is 0.227 e. The molecule has 1 saturated heterocycles. The lowest BCUT2D eigenvalue weighted by atomic mass is 9.88. The van der Waals surface area contributed by atoms with Gasteiger partial charge in [0.1, 0.15) is 0 Å². The fraction of sp³-hybridized carbons (Fsp3) is 0.938. The normalized spacial score (nSPS) is 18.4. The summed E-state index contributed by atoms with van der Waals surface area (Å²) >= 11 is 0. The second-order valence-corrected chi connectivity index (χ2v) is 7.84. The van der Waals surface area contributed by atoms with Gasteiger partial charge in [0.25, 0.3) is 0 Å². The number of likely N-dealkylation sites (tertiary alicyclic amines) is 1. The van der Waals surface area contributed by atoms with Gasteiger partial charge in [0.05, 0.1) is 0 Å². The number of nitrogens with zero attached hydrogens (tertiary/aromatic N) is 1. The van der Waals surface area contributed by atoms with Crippen LogP contribution in [0.3, 0.4) is 0 Å². The van der Waals surface area contributed by atoms with Gasteiger partial charge >= 0.3 is 0 Å². The van der Waals surface area contributed by atoms with Gasteiger partial charge in [-0.05, 0) is 24.7 Å². The molecule has 0 atom stereocenters. The van der Waals surface area contributed by atoms with Crippen molar-refractivity contribution < 1.29 is 9.90 Å². The number of rotatable bonds is 5. The monoisotopic (exact) mass is 284 g/mol. The molecule has 1 fully saturated rings. The van der Waals surface area contributed by atoms with Crippen LogP contribution in [0.2, 0.25) is 0 Å². The van der Waals surface area contributed by atoms with Crippen molar-refractivity contribution in [2.75, 3.05) is 26.2 Å². The number of aliphatic hydroxyl groups is 1. The first-order valence-electron chi connectivity index (χ1n) is 7.79. The summed E-state index contributed by atoms with van der Waals surface area (Å²) < 4.78 is 0. The van der Waals surface area contributed by atoms with Crippen LogP contribution in [0.4, 0.5) is 0 Å². The average Bonchev–Trinajstić information content (AvgIpc) is 2.35. The van der Waals surface area contributed by atoms with Crippen molar-refractivity contribution in [2.24, 2.45) is 10.8 Å². The molecule has 4 heteroatoms. The van der Waals surface area contributed by atoms with E-state index in [9.17, 15) is 4.79 Å². The maximum Gasteiger partial charge on any atom is 0.227 e. The molecule has 0 aromatic rings. The molecule has 0 unspecified atom stereocenters. The van der Waals surface area contributed by atoms with Crippen molar-refractivity contribution in [3.8, 4) is 0 Å². The first kappa shape index (κ1) is 17.4. The molecule has 4 nitrogen and oxygen atoms in total. The zero-order chi connectivity index (χ0) is 15.4. The van der Waals surface area contributed by atoms with Gasteiger partial charge in [-0.15, -0.1) is 0 Å². The zero-order valence-corrected chi connectivity index (χ0v) is 13.8. The molecule has 1 aliphatic rings. The van der Waals surface area contributed by atoms with Crippen LogP contribution in [-0.4, -0.2) is 48.2 Å². The number of carbonyl (C=O) groups is 1. The largest absolute Gasteiger partial charge is 0.396 e. The molecule has 0 aliphatic carbocycles. The lowest BCUT2D eigenvalue weighted by molar-refractivity contribution is -0.140. The quantitative estimate of drug-likeness (QED) is 0.812. The Morgan fingerprint density at radius 1 is 1.20 bits per heavy atom. The third-order valence-electron chi connectivity index (χ3n) is 4.08. The van der Waals surface area contributed by atoms with Crippen LogP contribution in [0.5, 0.6) is 0 Å². The van der Waals surface area contributed by atoms with E-state index < -0.39 is 0 Å². The van der Waals surface area contributed by atoms with E-state index >= 15 is 0 Å². The van der Waals surface area contributed by atoms with E-state index in [0.29, 0.717) is 6.04 Å². The van der Waals surface area contributed by atoms with Crippen LogP contribution in [-0.2, 0) is 4.79 Å². The Morgan fingerprint density at radius 3 is 2.20 bits per heavy atom. The van der Waals surface area contributed by atoms with Crippen LogP contribution in [0.25, 0.3) is 0 Å². The number of aliphatic hydroxyl groups excluding tert-OH is 1. The molecule has 0 aromatic heterocycles. The summed E-state index contributed by atoms with van der Waals surface area (Å²) in [4.78, 5) is 14.2. The van der Waals surface area contributed by atoms with Gasteiger partial charge in [0.15, 0.2) is 0 Å². The Kier molecular flexibility index (Phi) is 6.02. The molecule has 0 radical (unpaired) electrons. The summed E-state index contributed by atoms with van der Waals surface area (Å²) in [5, 5.41) is 12.6. The van der Waals surface area contributed by atoms with Crippen LogP contribution in [0, 0.1) is 10.8 Å². The minimum atomic E-state index is -0.274. The Balaban J connectivity index is 2.34. The molecule has 1 aliphatic heterocycles. The zero-order valence-electron chi connectivity index (χ0n) is 13.8. The Labute approximate surface area is 123 Å². The van der Waals surface area contributed by atoms with E-state index in [1.165, 1.54) is 0 Å². The van der Waals surface area contributed by atoms with E-state index in [0.717, 1.165) is 38.9 Å². The third-order valence-corrected chi connectivity index (χ3v) is 4.08. The second-order valence-electron chi connectivity index (χ2n) is 7.84. The van der Waals surface area contributed by atoms with Gasteiger partial charge in [0.2, 0.25) is 5.91 Å². The molecule has 2 N–H and O–H groups in total. The van der Waals surface area contributed by atoms with Crippen molar-refractivity contribution in [3.05, 3.63) is 0 Å². The molecule has 0 saturated carbocycles. The Morgan fingerprint density at radius 2 is 1.75 bits per heavy atom. The molecule has 1 amide bonds. The summed E-state index contributed by atoms with van der Waals surface area (Å²) in [6.07, 6.45) is 2.87. The van der Waals surface area contributed by atoms with Gasteiger partial charge in [-0.3, -0.25) is 4.79 Å². The van der Waals surface area contributed by atoms with Crippen molar-refractivity contribution >= 4 is 5.91 Å². The highest BCUT2D eigenvalue weighted by Crippen LogP contribution is 2.22. The molecule has 0 aromatic carbocycles. The highest BCUT2D eigenvalue weighted by molar-refractivity contribution is 5.81. The molecule has 1 heterocycles. The van der Waals surface area contributed by atoms with E-state index in [-0.39, 0.29) is 23.3 Å². The van der Waals surface area contributed by atoms with Crippen molar-refractivity contribution in [2.45, 2.75) is 59.9 Å². The summed E-state index contributed by atoms with van der Waals surface area (Å²) in [7, 11) is 0. The van der Waals surface area contributed by atoms with E-state index in [1.807, 2.05) is 25.7 Å². The number of piperidine rings is 1. The highest BCUT2D eigenvalue weighted by atomic mass is 16.3. The molecule has 20 heavy (non-hydrogen) atoms. The average molecular weight is 284 g/mol. The van der Waals surface area contributed by atoms with Crippen molar-refractivity contribution in [1.29, 1.82) is 0 Å². The molecule has 118 valence electrons. The van der Waals surface area contributed by atoms with E-state index in [4.69, 9.17) is 5.11 Å². The molecule has 0 bridgehead atoms. The summed E-state index contributed by atoms with van der Waals surface area (Å²) in [6, 6.07) is 0.497. The van der Waals surface area contributed by atoms with Gasteiger partial charge < -0.3 is 15.3 Å². The lowest BCUT2D eigenvalue weighted by Gasteiger charge is -2.37. The number of hydrogen-bond donors (Lipinski definition) is 2. The first-order chi connectivity index (χ1) is 9.15. The maximum absolute atomic E-state index is 12.2. The summed E-state index contributed by atoms with van der Waals surface area (Å²) in [5.74, 6) is 0.261. The SMILES string of the molecule is CC(C)(CCO)CNC1CCN(C(=O)C(C)(C)C)CC1. The lowest BCUT2D eigenvalue weighted by Crippen LogP contribution is -2.49. The summed E-state index contributed by atoms with van der Waals surface area (Å²) in [5.41, 5.74) is -0.142. The number of nitrogens with one attached hydrogen (secondary N) is 1. The maximum atomic E-state index is 12.2. The van der Waals surface area contributed by atoms with Crippen LogP contribution < -0.4 is 5.32 Å². The minimum Gasteiger partial charge on any atom is -0.396 e. The van der Waals surface area contributed by atoms with Gasteiger partial charge in [-0.2, -0.15) is 0 Å². The predicted molar refractivity (Wildman–Crippen MR) is 82.5 cm³/mol. The van der Waals surface area contributed by atoms with Gasteiger partial charge in [-0.25, -0.2) is 0 Å². The predicted octanol–water partition coefficient (Wildman–Crippen LogP) is 2.02. The standard InChI is InChI=1S/C16H32N2O2/c1-15(2,3)14(20)18-9-6-13(7-10-18)17-12-16(4,5)8-11-19/h13,17,19H,6-12H2,1-5H3. The molecule has 1 rings (SSSR count). The van der Waals surface area contributed by atoms with Crippen LogP contribution in [0.1, 0.15) is 53.9 Å². The van der Waals surface area contributed by atoms with Gasteiger partial charge in [-0.1, -0.05) is 34.6 Å². The van der Waals surface area contributed by atoms with Crippen molar-refractivity contribution in [3.63, 3.8) is 0 Å². The minimum absolute atomic E-state index is 0.132.